The summed E-state index contributed by atoms with van der Waals surface area (Å²) in [5.41, 5.74) is 13.4. The van der Waals surface area contributed by atoms with Gasteiger partial charge in [-0.2, -0.15) is 9.15 Å². The summed E-state index contributed by atoms with van der Waals surface area (Å²) in [6.07, 6.45) is 16.9. The normalized spacial score (nSPS) is 18.8. The van der Waals surface area contributed by atoms with E-state index in [-0.39, 0.29) is 18.3 Å². The zero-order chi connectivity index (χ0) is 35.7. The average Bonchev–Trinajstić information content (AvgIpc) is 3.97. The minimum atomic E-state index is -0.0566. The SMILES string of the molecule is C.CC1(C)C(/C=C/c2ccc(N3CCCC3)cc2)=[N+](CCCC[N+]2=C(/C=C/c3ccc(N4CCCC4)cc3)C(C)(C)c3ccccc32)c2ccccc21. The predicted octanol–water partition coefficient (Wildman–Crippen LogP) is 11.2. The minimum absolute atomic E-state index is 0. The molecule has 4 aliphatic rings. The third-order valence-electron chi connectivity index (χ3n) is 12.2. The Hall–Kier alpha value is -4.70. The van der Waals surface area contributed by atoms with Crippen LogP contribution in [0.4, 0.5) is 22.7 Å². The van der Waals surface area contributed by atoms with E-state index in [0.717, 1.165) is 25.9 Å². The van der Waals surface area contributed by atoms with Gasteiger partial charge in [0.05, 0.1) is 10.8 Å². The van der Waals surface area contributed by atoms with Crippen molar-refractivity contribution in [2.75, 3.05) is 49.1 Å². The van der Waals surface area contributed by atoms with Crippen molar-refractivity contribution in [3.63, 3.8) is 0 Å². The second-order valence-corrected chi connectivity index (χ2v) is 16.3. The highest BCUT2D eigenvalue weighted by atomic mass is 15.1. The van der Waals surface area contributed by atoms with Crippen molar-refractivity contribution in [3.05, 3.63) is 131 Å². The van der Waals surface area contributed by atoms with Crippen molar-refractivity contribution in [1.82, 2.24) is 0 Å². The number of benzene rings is 4. The molecule has 2 fully saturated rings. The van der Waals surface area contributed by atoms with Crippen LogP contribution < -0.4 is 9.80 Å². The fourth-order valence-electron chi connectivity index (χ4n) is 9.20. The molecule has 4 aliphatic heterocycles. The van der Waals surface area contributed by atoms with Gasteiger partial charge < -0.3 is 9.80 Å². The summed E-state index contributed by atoms with van der Waals surface area (Å²) in [5.74, 6) is 0. The van der Waals surface area contributed by atoms with Crippen molar-refractivity contribution in [3.8, 4) is 0 Å². The number of rotatable bonds is 11. The quantitative estimate of drug-likeness (QED) is 0.114. The van der Waals surface area contributed by atoms with Gasteiger partial charge in [-0.05, 0) is 101 Å². The lowest BCUT2D eigenvalue weighted by molar-refractivity contribution is -0.451. The molecule has 4 nitrogen and oxygen atoms in total. The molecule has 4 heteroatoms. The molecular formula is C49H60N4+2. The van der Waals surface area contributed by atoms with Crippen LogP contribution in [-0.2, 0) is 10.8 Å². The van der Waals surface area contributed by atoms with E-state index >= 15 is 0 Å². The second-order valence-electron chi connectivity index (χ2n) is 16.3. The van der Waals surface area contributed by atoms with E-state index in [0.29, 0.717) is 0 Å². The summed E-state index contributed by atoms with van der Waals surface area (Å²) >= 11 is 0. The molecule has 0 aromatic heterocycles. The number of nitrogens with zero attached hydrogens (tertiary/aromatic N) is 4. The Labute approximate surface area is 319 Å². The van der Waals surface area contributed by atoms with Crippen LogP contribution in [0.2, 0.25) is 0 Å². The molecule has 0 saturated carbocycles. The molecule has 0 unspecified atom stereocenters. The first-order chi connectivity index (χ1) is 25.3. The summed E-state index contributed by atoms with van der Waals surface area (Å²) in [6, 6.07) is 36.4. The summed E-state index contributed by atoms with van der Waals surface area (Å²) in [6.45, 7) is 16.3. The number of para-hydroxylation sites is 2. The van der Waals surface area contributed by atoms with E-state index in [1.165, 1.54) is 108 Å². The lowest BCUT2D eigenvalue weighted by atomic mass is 9.81. The van der Waals surface area contributed by atoms with Crippen molar-refractivity contribution in [2.24, 2.45) is 0 Å². The average molecular weight is 705 g/mol. The first kappa shape index (κ1) is 36.6. The van der Waals surface area contributed by atoms with Crippen LogP contribution >= 0.6 is 0 Å². The molecule has 4 aromatic rings. The topological polar surface area (TPSA) is 12.5 Å². The van der Waals surface area contributed by atoms with E-state index < -0.39 is 0 Å². The number of anilines is 2. The molecule has 4 aromatic carbocycles. The van der Waals surface area contributed by atoms with Crippen LogP contribution in [0.3, 0.4) is 0 Å². The molecule has 0 radical (unpaired) electrons. The molecule has 53 heavy (non-hydrogen) atoms. The second kappa shape index (κ2) is 15.3. The smallest absolute Gasteiger partial charge is 0.209 e. The number of hydrogen-bond donors (Lipinski definition) is 0. The van der Waals surface area contributed by atoms with Crippen molar-refractivity contribution in [2.45, 2.75) is 84.5 Å². The van der Waals surface area contributed by atoms with Gasteiger partial charge in [-0.3, -0.25) is 0 Å². The molecule has 4 heterocycles. The Morgan fingerprint density at radius 1 is 0.491 bits per heavy atom. The fraction of sp³-hybridized carbons (Fsp3) is 0.388. The highest BCUT2D eigenvalue weighted by Crippen LogP contribution is 2.42. The predicted molar refractivity (Wildman–Crippen MR) is 228 cm³/mol. The van der Waals surface area contributed by atoms with E-state index in [4.69, 9.17) is 0 Å². The number of unbranched alkanes of at least 4 members (excludes halogenated alkanes) is 1. The summed E-state index contributed by atoms with van der Waals surface area (Å²) in [7, 11) is 0. The molecule has 0 amide bonds. The van der Waals surface area contributed by atoms with Crippen LogP contribution in [0.1, 0.15) is 95.9 Å². The van der Waals surface area contributed by atoms with Crippen molar-refractivity contribution < 1.29 is 9.15 Å². The Kier molecular flexibility index (Phi) is 10.6. The first-order valence-corrected chi connectivity index (χ1v) is 19.9. The molecule has 0 N–H and O–H groups in total. The maximum absolute atomic E-state index is 2.60. The third-order valence-corrected chi connectivity index (χ3v) is 12.2. The van der Waals surface area contributed by atoms with Crippen molar-refractivity contribution >= 4 is 46.3 Å². The number of fused-ring (bicyclic) bond motifs is 2. The van der Waals surface area contributed by atoms with E-state index in [2.05, 4.69) is 168 Å². The molecular weight excluding hydrogens is 645 g/mol. The lowest BCUT2D eigenvalue weighted by Crippen LogP contribution is -2.28. The number of allylic oxidation sites excluding steroid dienone is 2. The zero-order valence-corrected chi connectivity index (χ0v) is 31.8. The maximum atomic E-state index is 2.60. The Bertz CT molecular complexity index is 1880. The van der Waals surface area contributed by atoms with Gasteiger partial charge in [-0.1, -0.05) is 68.1 Å². The maximum Gasteiger partial charge on any atom is 0.209 e. The molecule has 0 atom stereocenters. The molecule has 8 rings (SSSR count). The van der Waals surface area contributed by atoms with E-state index in [9.17, 15) is 0 Å². The highest BCUT2D eigenvalue weighted by Gasteiger charge is 2.45. The molecule has 0 bridgehead atoms. The summed E-state index contributed by atoms with van der Waals surface area (Å²) in [4.78, 5) is 5.01. The largest absolute Gasteiger partial charge is 0.372 e. The van der Waals surface area contributed by atoms with Gasteiger partial charge in [0.2, 0.25) is 11.4 Å². The van der Waals surface area contributed by atoms with Crippen LogP contribution in [0.5, 0.6) is 0 Å². The lowest BCUT2D eigenvalue weighted by Gasteiger charge is -2.17. The van der Waals surface area contributed by atoms with Crippen molar-refractivity contribution in [1.29, 1.82) is 0 Å². The Balaban J connectivity index is 0.00000435. The standard InChI is InChI=1S/C48H56N4.CH4/c1-47(2)41-15-5-7-17-43(41)51(45(47)29-23-37-19-25-39(26-20-37)49-31-9-10-32-49)35-13-14-36-52-44-18-8-6-16-42(44)48(3,4)46(52)30-24-38-21-27-40(28-22-38)50-33-11-12-34-50;/h5-8,15-30H,9-14,31-36H2,1-4H3;1H4/q+2;. The number of hydrogen-bond acceptors (Lipinski definition) is 2. The fourth-order valence-corrected chi connectivity index (χ4v) is 9.20. The van der Waals surface area contributed by atoms with Crippen LogP contribution in [-0.4, -0.2) is 59.8 Å². The van der Waals surface area contributed by atoms with E-state index in [1.54, 1.807) is 0 Å². The van der Waals surface area contributed by atoms with Gasteiger partial charge in [-0.15, -0.1) is 0 Å². The van der Waals surface area contributed by atoms with Crippen LogP contribution in [0.15, 0.2) is 109 Å². The van der Waals surface area contributed by atoms with Gasteiger partial charge in [0.25, 0.3) is 0 Å². The summed E-state index contributed by atoms with van der Waals surface area (Å²) < 4.78 is 5.20. The van der Waals surface area contributed by atoms with Gasteiger partial charge in [0, 0.05) is 85.8 Å². The Morgan fingerprint density at radius 3 is 1.23 bits per heavy atom. The minimum Gasteiger partial charge on any atom is -0.372 e. The molecule has 0 spiro atoms. The van der Waals surface area contributed by atoms with Gasteiger partial charge in [0.15, 0.2) is 11.4 Å². The van der Waals surface area contributed by atoms with Gasteiger partial charge in [-0.25, -0.2) is 0 Å². The van der Waals surface area contributed by atoms with Crippen LogP contribution in [0, 0.1) is 0 Å². The van der Waals surface area contributed by atoms with Gasteiger partial charge in [0.1, 0.15) is 13.1 Å². The van der Waals surface area contributed by atoms with Crippen LogP contribution in [0.25, 0.3) is 12.2 Å². The van der Waals surface area contributed by atoms with Gasteiger partial charge >= 0.3 is 0 Å². The highest BCUT2D eigenvalue weighted by molar-refractivity contribution is 6.06. The molecule has 274 valence electrons. The summed E-state index contributed by atoms with van der Waals surface area (Å²) in [5, 5.41) is 0. The first-order valence-electron chi connectivity index (χ1n) is 19.9. The Morgan fingerprint density at radius 2 is 0.849 bits per heavy atom. The molecule has 0 aliphatic carbocycles. The third kappa shape index (κ3) is 7.18. The van der Waals surface area contributed by atoms with E-state index in [1.807, 2.05) is 0 Å². The zero-order valence-electron chi connectivity index (χ0n) is 31.8. The molecule has 2 saturated heterocycles. The monoisotopic (exact) mass is 704 g/mol.